The van der Waals surface area contributed by atoms with Gasteiger partial charge in [0, 0.05) is 5.56 Å². The first-order valence-corrected chi connectivity index (χ1v) is 7.17. The Balaban J connectivity index is 2.30. The predicted molar refractivity (Wildman–Crippen MR) is 60.9 cm³/mol. The quantitative estimate of drug-likeness (QED) is 0.644. The first-order valence-electron chi connectivity index (χ1n) is 5.52. The number of amides is 1. The SMILES string of the molecule is O=C1NCNC12CCS(=O)(=O)c1ccc(F)cc12. The van der Waals surface area contributed by atoms with E-state index in [9.17, 15) is 17.6 Å². The molecule has 1 unspecified atom stereocenters. The third-order valence-electron chi connectivity index (χ3n) is 3.51. The lowest BCUT2D eigenvalue weighted by Crippen LogP contribution is -2.48. The molecule has 0 aromatic heterocycles. The molecule has 1 aromatic carbocycles. The van der Waals surface area contributed by atoms with Crippen molar-refractivity contribution in [3.8, 4) is 0 Å². The van der Waals surface area contributed by atoms with E-state index in [4.69, 9.17) is 0 Å². The summed E-state index contributed by atoms with van der Waals surface area (Å²) >= 11 is 0. The maximum absolute atomic E-state index is 13.4. The standard InChI is InChI=1S/C11H11FN2O3S/c12-7-1-2-9-8(5-7)11(3-4-18(9,16)17)10(15)13-6-14-11/h1-2,5,14H,3-4,6H2,(H,13,15). The van der Waals surface area contributed by atoms with Crippen LogP contribution in [0.25, 0.3) is 0 Å². The van der Waals surface area contributed by atoms with E-state index in [1.807, 2.05) is 0 Å². The molecule has 1 atom stereocenters. The van der Waals surface area contributed by atoms with Crippen LogP contribution < -0.4 is 10.6 Å². The van der Waals surface area contributed by atoms with Crippen molar-refractivity contribution in [3.05, 3.63) is 29.6 Å². The summed E-state index contributed by atoms with van der Waals surface area (Å²) in [5, 5.41) is 5.55. The highest BCUT2D eigenvalue weighted by Crippen LogP contribution is 2.38. The molecule has 3 rings (SSSR count). The maximum atomic E-state index is 13.4. The van der Waals surface area contributed by atoms with Crippen LogP contribution in [0.2, 0.25) is 0 Å². The van der Waals surface area contributed by atoms with Gasteiger partial charge in [-0.2, -0.15) is 0 Å². The van der Waals surface area contributed by atoms with Gasteiger partial charge in [0.15, 0.2) is 9.84 Å². The molecule has 0 bridgehead atoms. The average Bonchev–Trinajstić information content (AvgIpc) is 2.67. The lowest BCUT2D eigenvalue weighted by molar-refractivity contribution is -0.124. The van der Waals surface area contributed by atoms with Gasteiger partial charge in [0.05, 0.1) is 17.3 Å². The fraction of sp³-hybridized carbons (Fsp3) is 0.364. The number of benzene rings is 1. The molecule has 1 saturated heterocycles. The number of carbonyl (C=O) groups excluding carboxylic acids is 1. The van der Waals surface area contributed by atoms with Crippen molar-refractivity contribution in [2.24, 2.45) is 0 Å². The molecule has 1 fully saturated rings. The Labute approximate surface area is 103 Å². The Morgan fingerprint density at radius 1 is 1.33 bits per heavy atom. The second-order valence-electron chi connectivity index (χ2n) is 4.47. The van der Waals surface area contributed by atoms with Gasteiger partial charge < -0.3 is 5.32 Å². The lowest BCUT2D eigenvalue weighted by atomic mass is 9.87. The summed E-state index contributed by atoms with van der Waals surface area (Å²) in [6.45, 7) is 0.259. The second kappa shape index (κ2) is 3.52. The topological polar surface area (TPSA) is 75.3 Å². The van der Waals surface area contributed by atoms with Gasteiger partial charge in [0.1, 0.15) is 11.4 Å². The largest absolute Gasteiger partial charge is 0.342 e. The summed E-state index contributed by atoms with van der Waals surface area (Å²) in [5.74, 6) is -0.970. The molecular weight excluding hydrogens is 259 g/mol. The van der Waals surface area contributed by atoms with E-state index in [1.54, 1.807) is 0 Å². The Morgan fingerprint density at radius 3 is 2.78 bits per heavy atom. The molecule has 5 nitrogen and oxygen atoms in total. The predicted octanol–water partition coefficient (Wildman–Crippen LogP) is -0.125. The summed E-state index contributed by atoms with van der Waals surface area (Å²) in [7, 11) is -3.43. The zero-order valence-electron chi connectivity index (χ0n) is 9.36. The summed E-state index contributed by atoms with van der Waals surface area (Å²) < 4.78 is 37.3. The second-order valence-corrected chi connectivity index (χ2v) is 6.55. The highest BCUT2D eigenvalue weighted by Gasteiger charge is 2.50. The number of nitrogens with one attached hydrogen (secondary N) is 2. The van der Waals surface area contributed by atoms with E-state index in [0.717, 1.165) is 12.1 Å². The third-order valence-corrected chi connectivity index (χ3v) is 5.28. The van der Waals surface area contributed by atoms with Gasteiger partial charge in [-0.1, -0.05) is 0 Å². The number of carbonyl (C=O) groups is 1. The maximum Gasteiger partial charge on any atom is 0.246 e. The van der Waals surface area contributed by atoms with Crippen LogP contribution in [0.3, 0.4) is 0 Å². The number of fused-ring (bicyclic) bond motifs is 2. The van der Waals surface area contributed by atoms with E-state index in [2.05, 4.69) is 10.6 Å². The van der Waals surface area contributed by atoms with Gasteiger partial charge in [-0.3, -0.25) is 10.1 Å². The number of rotatable bonds is 0. The minimum Gasteiger partial charge on any atom is -0.342 e. The van der Waals surface area contributed by atoms with E-state index >= 15 is 0 Å². The molecule has 0 radical (unpaired) electrons. The van der Waals surface area contributed by atoms with Gasteiger partial charge >= 0.3 is 0 Å². The van der Waals surface area contributed by atoms with Gasteiger partial charge in [-0.25, -0.2) is 12.8 Å². The Morgan fingerprint density at radius 2 is 2.11 bits per heavy atom. The summed E-state index contributed by atoms with van der Waals surface area (Å²) in [6.07, 6.45) is 0.123. The molecule has 2 N–H and O–H groups in total. The van der Waals surface area contributed by atoms with Gasteiger partial charge in [0.25, 0.3) is 0 Å². The first-order chi connectivity index (χ1) is 8.46. The molecule has 7 heteroatoms. The Kier molecular flexibility index (Phi) is 2.27. The van der Waals surface area contributed by atoms with Crippen molar-refractivity contribution in [2.45, 2.75) is 16.9 Å². The smallest absolute Gasteiger partial charge is 0.246 e. The summed E-state index contributed by atoms with van der Waals surface area (Å²) in [6, 6.07) is 3.46. The van der Waals surface area contributed by atoms with Crippen molar-refractivity contribution in [2.75, 3.05) is 12.4 Å². The first kappa shape index (κ1) is 11.6. The zero-order valence-corrected chi connectivity index (χ0v) is 10.2. The average molecular weight is 270 g/mol. The summed E-state index contributed by atoms with van der Waals surface area (Å²) in [4.78, 5) is 12.0. The number of sulfone groups is 1. The van der Waals surface area contributed by atoms with Crippen LogP contribution in [0.5, 0.6) is 0 Å². The van der Waals surface area contributed by atoms with E-state index in [-0.39, 0.29) is 35.2 Å². The summed E-state index contributed by atoms with van der Waals surface area (Å²) in [5.41, 5.74) is -0.897. The molecule has 1 aromatic rings. The van der Waals surface area contributed by atoms with Crippen molar-refractivity contribution in [1.82, 2.24) is 10.6 Å². The van der Waals surface area contributed by atoms with Crippen molar-refractivity contribution in [3.63, 3.8) is 0 Å². The number of hydrogen-bond acceptors (Lipinski definition) is 4. The monoisotopic (exact) mass is 270 g/mol. The normalized spacial score (nSPS) is 29.1. The highest BCUT2D eigenvalue weighted by atomic mass is 32.2. The van der Waals surface area contributed by atoms with E-state index in [1.165, 1.54) is 6.07 Å². The number of halogens is 1. The van der Waals surface area contributed by atoms with Crippen LogP contribution in [0, 0.1) is 5.82 Å². The molecule has 2 aliphatic heterocycles. The molecule has 0 saturated carbocycles. The molecule has 18 heavy (non-hydrogen) atoms. The third kappa shape index (κ3) is 1.40. The van der Waals surface area contributed by atoms with Crippen LogP contribution in [0.1, 0.15) is 12.0 Å². The molecular formula is C11H11FN2O3S. The Hall–Kier alpha value is -1.47. The minimum atomic E-state index is -3.43. The van der Waals surface area contributed by atoms with E-state index < -0.39 is 21.2 Å². The highest BCUT2D eigenvalue weighted by molar-refractivity contribution is 7.91. The van der Waals surface area contributed by atoms with Crippen LogP contribution in [0.15, 0.2) is 23.1 Å². The number of hydrogen-bond donors (Lipinski definition) is 2. The molecule has 2 aliphatic rings. The zero-order chi connectivity index (χ0) is 13.0. The molecule has 0 aliphatic carbocycles. The van der Waals surface area contributed by atoms with Gasteiger partial charge in [-0.05, 0) is 24.6 Å². The fourth-order valence-electron chi connectivity index (χ4n) is 2.56. The Bertz CT molecular complexity index is 644. The van der Waals surface area contributed by atoms with E-state index in [0.29, 0.717) is 0 Å². The molecule has 2 heterocycles. The fourth-order valence-corrected chi connectivity index (χ4v) is 4.20. The molecule has 96 valence electrons. The van der Waals surface area contributed by atoms with Crippen molar-refractivity contribution >= 4 is 15.7 Å². The van der Waals surface area contributed by atoms with Crippen molar-refractivity contribution < 1.29 is 17.6 Å². The molecule has 1 spiro atoms. The lowest BCUT2D eigenvalue weighted by Gasteiger charge is -2.32. The van der Waals surface area contributed by atoms with Gasteiger partial charge in [-0.15, -0.1) is 0 Å². The molecule has 1 amide bonds. The minimum absolute atomic E-state index is 0.0414. The van der Waals surface area contributed by atoms with Crippen LogP contribution in [-0.4, -0.2) is 26.7 Å². The van der Waals surface area contributed by atoms with Crippen LogP contribution >= 0.6 is 0 Å². The van der Waals surface area contributed by atoms with Crippen molar-refractivity contribution in [1.29, 1.82) is 0 Å². The van der Waals surface area contributed by atoms with Gasteiger partial charge in [0.2, 0.25) is 5.91 Å². The van der Waals surface area contributed by atoms with Crippen LogP contribution in [0.4, 0.5) is 4.39 Å². The van der Waals surface area contributed by atoms with Crippen LogP contribution in [-0.2, 0) is 20.2 Å².